The van der Waals surface area contributed by atoms with Gasteiger partial charge in [0.15, 0.2) is 0 Å². The molecule has 1 N–H and O–H groups in total. The maximum Gasteiger partial charge on any atom is 0.241 e. The van der Waals surface area contributed by atoms with Crippen LogP contribution in [-0.4, -0.2) is 27.7 Å². The number of fused-ring (bicyclic) bond motifs is 1. The van der Waals surface area contributed by atoms with Gasteiger partial charge in [-0.15, -0.1) is 0 Å². The van der Waals surface area contributed by atoms with E-state index in [2.05, 4.69) is 4.72 Å². The monoisotopic (exact) mass is 385 g/mol. The van der Waals surface area contributed by atoms with E-state index in [4.69, 9.17) is 4.74 Å². The van der Waals surface area contributed by atoms with Gasteiger partial charge in [0, 0.05) is 19.0 Å². The molecule has 144 valence electrons. The Hall–Kier alpha value is -1.43. The molecule has 4 saturated carbocycles. The predicted octanol–water partition coefficient (Wildman–Crippen LogP) is 3.96. The lowest BCUT2D eigenvalue weighted by atomic mass is 9.50. The second-order valence-electron chi connectivity index (χ2n) is 8.77. The van der Waals surface area contributed by atoms with Crippen molar-refractivity contribution in [1.82, 2.24) is 4.72 Å². The molecule has 0 radical (unpaired) electrons. The highest BCUT2D eigenvalue weighted by Gasteiger charge is 2.57. The highest BCUT2D eigenvalue weighted by atomic mass is 32.2. The van der Waals surface area contributed by atoms with Crippen molar-refractivity contribution in [3.05, 3.63) is 42.5 Å². The number of hydrogen-bond donors (Lipinski definition) is 1. The van der Waals surface area contributed by atoms with Crippen LogP contribution in [0.1, 0.15) is 32.1 Å². The zero-order valence-corrected chi connectivity index (χ0v) is 16.5. The highest BCUT2D eigenvalue weighted by molar-refractivity contribution is 7.89. The Morgan fingerprint density at radius 1 is 0.963 bits per heavy atom. The van der Waals surface area contributed by atoms with Crippen LogP contribution in [0.25, 0.3) is 10.8 Å². The van der Waals surface area contributed by atoms with Gasteiger partial charge in [-0.2, -0.15) is 0 Å². The number of ether oxygens (including phenoxy) is 1. The maximum absolute atomic E-state index is 13.2. The molecule has 0 aromatic heterocycles. The molecule has 0 spiro atoms. The summed E-state index contributed by atoms with van der Waals surface area (Å²) in [4.78, 5) is 0.357. The third kappa shape index (κ3) is 2.74. The van der Waals surface area contributed by atoms with Crippen molar-refractivity contribution in [2.24, 2.45) is 23.7 Å². The van der Waals surface area contributed by atoms with Crippen LogP contribution in [-0.2, 0) is 14.8 Å². The first-order valence-electron chi connectivity index (χ1n) is 10.0. The molecule has 5 heteroatoms. The van der Waals surface area contributed by atoms with Crippen LogP contribution < -0.4 is 4.72 Å². The van der Waals surface area contributed by atoms with Crippen molar-refractivity contribution in [3.8, 4) is 0 Å². The molecule has 0 saturated heterocycles. The van der Waals surface area contributed by atoms with Crippen molar-refractivity contribution in [3.63, 3.8) is 0 Å². The Labute approximate surface area is 161 Å². The molecule has 0 aliphatic heterocycles. The Bertz CT molecular complexity index is 935. The summed E-state index contributed by atoms with van der Waals surface area (Å²) in [6.45, 7) is 0.379. The third-order valence-corrected chi connectivity index (χ3v) is 8.94. The van der Waals surface area contributed by atoms with E-state index in [-0.39, 0.29) is 5.60 Å². The molecule has 4 aliphatic rings. The summed E-state index contributed by atoms with van der Waals surface area (Å²) in [5, 5.41) is 1.71. The Balaban J connectivity index is 1.44. The van der Waals surface area contributed by atoms with Crippen LogP contribution in [0, 0.1) is 23.7 Å². The summed E-state index contributed by atoms with van der Waals surface area (Å²) in [7, 11) is -1.83. The van der Waals surface area contributed by atoms with Crippen LogP contribution >= 0.6 is 0 Å². The van der Waals surface area contributed by atoms with Crippen LogP contribution in [0.15, 0.2) is 47.4 Å². The van der Waals surface area contributed by atoms with Crippen LogP contribution in [0.2, 0.25) is 0 Å². The molecule has 2 aromatic carbocycles. The van der Waals surface area contributed by atoms with Crippen molar-refractivity contribution >= 4 is 20.8 Å². The first-order chi connectivity index (χ1) is 13.0. The smallest absolute Gasteiger partial charge is 0.241 e. The average molecular weight is 386 g/mol. The quantitative estimate of drug-likeness (QED) is 0.848. The summed E-state index contributed by atoms with van der Waals surface area (Å²) in [6.07, 6.45) is 6.13. The Kier molecular flexibility index (Phi) is 4.12. The molecule has 4 fully saturated rings. The van der Waals surface area contributed by atoms with E-state index in [1.54, 1.807) is 13.2 Å². The minimum Gasteiger partial charge on any atom is -0.376 e. The van der Waals surface area contributed by atoms with E-state index < -0.39 is 10.0 Å². The summed E-state index contributed by atoms with van der Waals surface area (Å²) in [5.74, 6) is 2.61. The van der Waals surface area contributed by atoms with E-state index in [9.17, 15) is 8.42 Å². The van der Waals surface area contributed by atoms with E-state index in [1.807, 2.05) is 36.4 Å². The zero-order valence-electron chi connectivity index (χ0n) is 15.7. The zero-order chi connectivity index (χ0) is 18.6. The van der Waals surface area contributed by atoms with Gasteiger partial charge in [0.1, 0.15) is 0 Å². The molecule has 0 heterocycles. The SMILES string of the molecule is COC1(CNS(=O)(=O)c2cccc3ccccc23)C2CC3CC(C2)CC1C3. The number of benzene rings is 2. The topological polar surface area (TPSA) is 55.4 Å². The predicted molar refractivity (Wildman–Crippen MR) is 106 cm³/mol. The second kappa shape index (κ2) is 6.29. The molecule has 4 bridgehead atoms. The molecule has 4 nitrogen and oxygen atoms in total. The number of nitrogens with one attached hydrogen (secondary N) is 1. The maximum atomic E-state index is 13.2. The fourth-order valence-corrected chi connectivity index (χ4v) is 7.70. The first kappa shape index (κ1) is 17.7. The molecular weight excluding hydrogens is 358 g/mol. The number of sulfonamides is 1. The molecular formula is C22H27NO3S. The van der Waals surface area contributed by atoms with Crippen molar-refractivity contribution in [1.29, 1.82) is 0 Å². The molecule has 0 unspecified atom stereocenters. The van der Waals surface area contributed by atoms with Gasteiger partial charge in [-0.25, -0.2) is 13.1 Å². The van der Waals surface area contributed by atoms with Gasteiger partial charge in [-0.1, -0.05) is 36.4 Å². The van der Waals surface area contributed by atoms with E-state index in [0.29, 0.717) is 23.3 Å². The Morgan fingerprint density at radius 2 is 1.59 bits per heavy atom. The highest BCUT2D eigenvalue weighted by Crippen LogP contribution is 2.59. The molecule has 4 aliphatic carbocycles. The minimum atomic E-state index is -3.60. The molecule has 0 amide bonds. The standard InChI is InChI=1S/C22H27NO3S/c1-26-22(18-10-15-9-16(12-18)13-19(22)11-15)14-23-27(24,25)21-8-4-6-17-5-2-3-7-20(17)21/h2-8,15-16,18-19,23H,9-14H2,1H3. The summed E-state index contributed by atoms with van der Waals surface area (Å²) in [5.41, 5.74) is -0.342. The second-order valence-corrected chi connectivity index (χ2v) is 10.5. The van der Waals surface area contributed by atoms with E-state index in [0.717, 1.165) is 22.6 Å². The van der Waals surface area contributed by atoms with Crippen molar-refractivity contribution in [2.45, 2.75) is 42.6 Å². The fraction of sp³-hybridized carbons (Fsp3) is 0.545. The van der Waals surface area contributed by atoms with Gasteiger partial charge >= 0.3 is 0 Å². The van der Waals surface area contributed by atoms with Crippen molar-refractivity contribution in [2.75, 3.05) is 13.7 Å². The average Bonchev–Trinajstić information content (AvgIpc) is 2.67. The third-order valence-electron chi connectivity index (χ3n) is 7.48. The number of rotatable bonds is 5. The van der Waals surface area contributed by atoms with Gasteiger partial charge in [0.25, 0.3) is 0 Å². The summed E-state index contributed by atoms with van der Waals surface area (Å²) >= 11 is 0. The summed E-state index contributed by atoms with van der Waals surface area (Å²) in [6, 6.07) is 13.1. The van der Waals surface area contributed by atoms with E-state index in [1.165, 1.54) is 32.1 Å². The molecule has 27 heavy (non-hydrogen) atoms. The molecule has 2 aromatic rings. The number of methoxy groups -OCH3 is 1. The number of hydrogen-bond acceptors (Lipinski definition) is 3. The lowest BCUT2D eigenvalue weighted by Crippen LogP contribution is -2.63. The lowest BCUT2D eigenvalue weighted by Gasteiger charge is -2.60. The molecule has 6 rings (SSSR count). The van der Waals surface area contributed by atoms with Crippen LogP contribution in [0.3, 0.4) is 0 Å². The van der Waals surface area contributed by atoms with Crippen LogP contribution in [0.5, 0.6) is 0 Å². The lowest BCUT2D eigenvalue weighted by molar-refractivity contribution is -0.185. The van der Waals surface area contributed by atoms with Gasteiger partial charge in [0.2, 0.25) is 10.0 Å². The first-order valence-corrected chi connectivity index (χ1v) is 11.5. The van der Waals surface area contributed by atoms with Gasteiger partial charge in [-0.05, 0) is 67.2 Å². The van der Waals surface area contributed by atoms with E-state index >= 15 is 0 Å². The normalized spacial score (nSPS) is 35.0. The van der Waals surface area contributed by atoms with Gasteiger partial charge < -0.3 is 4.74 Å². The fourth-order valence-electron chi connectivity index (χ4n) is 6.39. The summed E-state index contributed by atoms with van der Waals surface area (Å²) < 4.78 is 35.4. The Morgan fingerprint density at radius 3 is 2.26 bits per heavy atom. The minimum absolute atomic E-state index is 0.342. The van der Waals surface area contributed by atoms with Gasteiger partial charge in [-0.3, -0.25) is 0 Å². The molecule has 0 atom stereocenters. The van der Waals surface area contributed by atoms with Crippen LogP contribution in [0.4, 0.5) is 0 Å². The van der Waals surface area contributed by atoms with Crippen molar-refractivity contribution < 1.29 is 13.2 Å². The largest absolute Gasteiger partial charge is 0.376 e. The van der Waals surface area contributed by atoms with Gasteiger partial charge in [0.05, 0.1) is 10.5 Å².